The van der Waals surface area contributed by atoms with Gasteiger partial charge in [0.1, 0.15) is 5.75 Å². The second-order valence-electron chi connectivity index (χ2n) is 5.79. The van der Waals surface area contributed by atoms with E-state index in [1.165, 1.54) is 12.1 Å². The molecule has 3 heteroatoms. The van der Waals surface area contributed by atoms with Gasteiger partial charge in [0.15, 0.2) is 0 Å². The summed E-state index contributed by atoms with van der Waals surface area (Å²) in [5.74, 6) is 1.97. The Labute approximate surface area is 109 Å². The van der Waals surface area contributed by atoms with E-state index in [-0.39, 0.29) is 0 Å². The molecular formula is C15H22N2O. The lowest BCUT2D eigenvalue weighted by Gasteiger charge is -2.31. The molecule has 4 atom stereocenters. The maximum Gasteiger partial charge on any atom is 0.115 e. The molecule has 0 spiro atoms. The number of benzene rings is 1. The van der Waals surface area contributed by atoms with Gasteiger partial charge in [-0.1, -0.05) is 12.1 Å². The summed E-state index contributed by atoms with van der Waals surface area (Å²) < 4.78 is 0. The molecule has 2 fully saturated rings. The van der Waals surface area contributed by atoms with E-state index >= 15 is 0 Å². The van der Waals surface area contributed by atoms with Gasteiger partial charge in [0.05, 0.1) is 0 Å². The number of phenols is 1. The Morgan fingerprint density at radius 2 is 2.22 bits per heavy atom. The first-order chi connectivity index (χ1) is 8.66. The van der Waals surface area contributed by atoms with E-state index in [9.17, 15) is 5.11 Å². The van der Waals surface area contributed by atoms with Crippen LogP contribution in [0.25, 0.3) is 0 Å². The number of phenolic OH excluding ortho intramolecular Hbond substituents is 1. The molecule has 4 unspecified atom stereocenters. The van der Waals surface area contributed by atoms with Gasteiger partial charge in [-0.25, -0.2) is 0 Å². The summed E-state index contributed by atoms with van der Waals surface area (Å²) in [5, 5.41) is 13.1. The van der Waals surface area contributed by atoms with E-state index in [1.807, 2.05) is 12.1 Å². The second kappa shape index (κ2) is 4.56. The Morgan fingerprint density at radius 3 is 2.94 bits per heavy atom. The van der Waals surface area contributed by atoms with Gasteiger partial charge in [-0.3, -0.25) is 4.90 Å². The molecule has 2 aliphatic rings. The van der Waals surface area contributed by atoms with E-state index in [0.717, 1.165) is 24.9 Å². The minimum absolute atomic E-state index is 0.369. The predicted octanol–water partition coefficient (Wildman–Crippen LogP) is 1.99. The van der Waals surface area contributed by atoms with Crippen LogP contribution in [0.15, 0.2) is 24.3 Å². The van der Waals surface area contributed by atoms with Crippen LogP contribution < -0.4 is 5.32 Å². The molecule has 2 saturated heterocycles. The number of nitrogens with one attached hydrogen (secondary N) is 1. The van der Waals surface area contributed by atoms with Crippen molar-refractivity contribution >= 4 is 0 Å². The van der Waals surface area contributed by atoms with Crippen molar-refractivity contribution in [2.45, 2.75) is 25.9 Å². The number of aromatic hydroxyl groups is 1. The molecular weight excluding hydrogens is 224 g/mol. The SMILES string of the molecule is CC(c1cccc(O)c1)N1CC2CNCC2C1C. The molecule has 0 aromatic heterocycles. The van der Waals surface area contributed by atoms with Gasteiger partial charge in [0, 0.05) is 18.6 Å². The minimum atomic E-state index is 0.369. The molecule has 1 aromatic rings. The molecule has 0 aliphatic carbocycles. The normalized spacial score (nSPS) is 33.6. The van der Waals surface area contributed by atoms with Crippen molar-refractivity contribution in [2.24, 2.45) is 11.8 Å². The smallest absolute Gasteiger partial charge is 0.115 e. The predicted molar refractivity (Wildman–Crippen MR) is 72.5 cm³/mol. The fourth-order valence-corrected chi connectivity index (χ4v) is 3.69. The Bertz CT molecular complexity index is 434. The van der Waals surface area contributed by atoms with Crippen molar-refractivity contribution in [3.05, 3.63) is 29.8 Å². The van der Waals surface area contributed by atoms with Crippen LogP contribution >= 0.6 is 0 Å². The van der Waals surface area contributed by atoms with Crippen molar-refractivity contribution in [1.82, 2.24) is 10.2 Å². The summed E-state index contributed by atoms with van der Waals surface area (Å²) in [7, 11) is 0. The maximum atomic E-state index is 9.60. The molecule has 0 radical (unpaired) electrons. The van der Waals surface area contributed by atoms with Gasteiger partial charge < -0.3 is 10.4 Å². The lowest BCUT2D eigenvalue weighted by atomic mass is 9.95. The molecule has 18 heavy (non-hydrogen) atoms. The fourth-order valence-electron chi connectivity index (χ4n) is 3.69. The number of likely N-dealkylation sites (tertiary alicyclic amines) is 1. The average molecular weight is 246 g/mol. The van der Waals surface area contributed by atoms with Gasteiger partial charge in [-0.05, 0) is 56.5 Å². The third-order valence-electron chi connectivity index (χ3n) is 4.83. The Kier molecular flexibility index (Phi) is 3.04. The van der Waals surface area contributed by atoms with Crippen LogP contribution in [-0.2, 0) is 0 Å². The molecule has 98 valence electrons. The average Bonchev–Trinajstić information content (AvgIpc) is 2.92. The quantitative estimate of drug-likeness (QED) is 0.837. The first-order valence-electron chi connectivity index (χ1n) is 6.92. The van der Waals surface area contributed by atoms with E-state index in [0.29, 0.717) is 17.8 Å². The summed E-state index contributed by atoms with van der Waals surface area (Å²) >= 11 is 0. The van der Waals surface area contributed by atoms with Gasteiger partial charge in [-0.2, -0.15) is 0 Å². The van der Waals surface area contributed by atoms with Crippen molar-refractivity contribution in [1.29, 1.82) is 0 Å². The number of fused-ring (bicyclic) bond motifs is 1. The van der Waals surface area contributed by atoms with E-state index in [2.05, 4.69) is 30.1 Å². The van der Waals surface area contributed by atoms with Gasteiger partial charge in [0.25, 0.3) is 0 Å². The first kappa shape index (κ1) is 12.0. The Balaban J connectivity index is 1.79. The second-order valence-corrected chi connectivity index (χ2v) is 5.79. The molecule has 0 saturated carbocycles. The van der Waals surface area contributed by atoms with E-state index < -0.39 is 0 Å². The molecule has 3 rings (SSSR count). The van der Waals surface area contributed by atoms with Crippen LogP contribution in [0.3, 0.4) is 0 Å². The highest BCUT2D eigenvalue weighted by atomic mass is 16.3. The zero-order valence-corrected chi connectivity index (χ0v) is 11.1. The van der Waals surface area contributed by atoms with E-state index in [1.54, 1.807) is 6.07 Å². The zero-order valence-electron chi connectivity index (χ0n) is 11.1. The van der Waals surface area contributed by atoms with Crippen LogP contribution in [-0.4, -0.2) is 35.7 Å². The summed E-state index contributed by atoms with van der Waals surface area (Å²) in [6, 6.07) is 8.69. The van der Waals surface area contributed by atoms with Crippen LogP contribution in [0.4, 0.5) is 0 Å². The lowest BCUT2D eigenvalue weighted by molar-refractivity contribution is 0.182. The first-order valence-corrected chi connectivity index (χ1v) is 6.92. The molecule has 1 aromatic carbocycles. The van der Waals surface area contributed by atoms with Crippen molar-refractivity contribution < 1.29 is 5.11 Å². The minimum Gasteiger partial charge on any atom is -0.508 e. The summed E-state index contributed by atoms with van der Waals surface area (Å²) in [4.78, 5) is 2.59. The van der Waals surface area contributed by atoms with Crippen molar-refractivity contribution in [3.8, 4) is 5.75 Å². The number of rotatable bonds is 2. The van der Waals surface area contributed by atoms with E-state index in [4.69, 9.17) is 0 Å². The van der Waals surface area contributed by atoms with Gasteiger partial charge in [0.2, 0.25) is 0 Å². The molecule has 2 aliphatic heterocycles. The highest BCUT2D eigenvalue weighted by Gasteiger charge is 2.43. The standard InChI is InChI=1S/C15H22N2O/c1-10(12-4-3-5-14(18)6-12)17-9-13-7-16-8-15(13)11(17)2/h3-6,10-11,13,15-16,18H,7-9H2,1-2H3. The molecule has 0 bridgehead atoms. The summed E-state index contributed by atoms with van der Waals surface area (Å²) in [5.41, 5.74) is 1.22. The number of nitrogens with zero attached hydrogens (tertiary/aromatic N) is 1. The molecule has 2 heterocycles. The monoisotopic (exact) mass is 246 g/mol. The van der Waals surface area contributed by atoms with Crippen LogP contribution in [0, 0.1) is 11.8 Å². The maximum absolute atomic E-state index is 9.60. The van der Waals surface area contributed by atoms with Crippen LogP contribution in [0.2, 0.25) is 0 Å². The Morgan fingerprint density at radius 1 is 1.39 bits per heavy atom. The van der Waals surface area contributed by atoms with Crippen LogP contribution in [0.5, 0.6) is 5.75 Å². The zero-order chi connectivity index (χ0) is 12.7. The van der Waals surface area contributed by atoms with Crippen LogP contribution in [0.1, 0.15) is 25.5 Å². The highest BCUT2D eigenvalue weighted by Crippen LogP contribution is 2.38. The topological polar surface area (TPSA) is 35.5 Å². The largest absolute Gasteiger partial charge is 0.508 e. The highest BCUT2D eigenvalue weighted by molar-refractivity contribution is 5.29. The third-order valence-corrected chi connectivity index (χ3v) is 4.83. The Hall–Kier alpha value is -1.06. The van der Waals surface area contributed by atoms with Gasteiger partial charge in [-0.15, -0.1) is 0 Å². The molecule has 0 amide bonds. The molecule has 2 N–H and O–H groups in total. The summed E-state index contributed by atoms with van der Waals surface area (Å²) in [6.45, 7) is 8.10. The summed E-state index contributed by atoms with van der Waals surface area (Å²) in [6.07, 6.45) is 0. The third kappa shape index (κ3) is 1.91. The van der Waals surface area contributed by atoms with Crippen molar-refractivity contribution in [2.75, 3.05) is 19.6 Å². The fraction of sp³-hybridized carbons (Fsp3) is 0.600. The number of hydrogen-bond acceptors (Lipinski definition) is 3. The van der Waals surface area contributed by atoms with Crippen molar-refractivity contribution in [3.63, 3.8) is 0 Å². The number of hydrogen-bond donors (Lipinski definition) is 2. The van der Waals surface area contributed by atoms with Gasteiger partial charge >= 0.3 is 0 Å². The molecule has 3 nitrogen and oxygen atoms in total. The lowest BCUT2D eigenvalue weighted by Crippen LogP contribution is -2.35.